The third-order valence-electron chi connectivity index (χ3n) is 2.96. The second-order valence-electron chi connectivity index (χ2n) is 4.63. The molecule has 2 rings (SSSR count). The Hall–Kier alpha value is -1.73. The van der Waals surface area contributed by atoms with E-state index < -0.39 is 11.7 Å². The summed E-state index contributed by atoms with van der Waals surface area (Å²) in [6.07, 6.45) is -3.31. The third-order valence-corrected chi connectivity index (χ3v) is 2.96. The van der Waals surface area contributed by atoms with Gasteiger partial charge < -0.3 is 16.4 Å². The largest absolute Gasteiger partial charge is 0.411 e. The number of halogens is 3. The van der Waals surface area contributed by atoms with E-state index in [2.05, 4.69) is 20.6 Å². The molecule has 1 aliphatic rings. The van der Waals surface area contributed by atoms with E-state index in [0.717, 1.165) is 6.42 Å². The first-order valence-corrected chi connectivity index (χ1v) is 6.10. The second kappa shape index (κ2) is 4.75. The molecular formula is C11H16F3N5. The monoisotopic (exact) mass is 275 g/mol. The van der Waals surface area contributed by atoms with E-state index in [0.29, 0.717) is 12.4 Å². The highest BCUT2D eigenvalue weighted by Gasteiger charge is 2.63. The molecule has 0 radical (unpaired) electrons. The minimum absolute atomic E-state index is 0.0537. The van der Waals surface area contributed by atoms with E-state index in [-0.39, 0.29) is 24.6 Å². The SMILES string of the molecule is CCCNc1cc(NC2(C(F)(F)F)CC2)nc(N)n1. The summed E-state index contributed by atoms with van der Waals surface area (Å²) >= 11 is 0. The van der Waals surface area contributed by atoms with Crippen molar-refractivity contribution in [1.29, 1.82) is 0 Å². The van der Waals surface area contributed by atoms with E-state index in [9.17, 15) is 13.2 Å². The molecule has 1 fully saturated rings. The Morgan fingerprint density at radius 1 is 1.32 bits per heavy atom. The zero-order chi connectivity index (χ0) is 14.1. The first-order valence-electron chi connectivity index (χ1n) is 6.10. The molecule has 0 amide bonds. The van der Waals surface area contributed by atoms with Gasteiger partial charge in [0.15, 0.2) is 0 Å². The molecule has 0 saturated heterocycles. The predicted molar refractivity (Wildman–Crippen MR) is 66.9 cm³/mol. The van der Waals surface area contributed by atoms with Gasteiger partial charge in [0.05, 0.1) is 0 Å². The quantitative estimate of drug-likeness (QED) is 0.769. The summed E-state index contributed by atoms with van der Waals surface area (Å²) in [4.78, 5) is 7.71. The molecule has 19 heavy (non-hydrogen) atoms. The fourth-order valence-corrected chi connectivity index (χ4v) is 1.72. The molecular weight excluding hydrogens is 259 g/mol. The molecule has 0 spiro atoms. The molecule has 0 aliphatic heterocycles. The summed E-state index contributed by atoms with van der Waals surface area (Å²) in [6.45, 7) is 2.64. The normalized spacial score (nSPS) is 17.1. The van der Waals surface area contributed by atoms with Crippen LogP contribution in [0, 0.1) is 0 Å². The molecule has 0 bridgehead atoms. The predicted octanol–water partition coefficient (Wildman–Crippen LogP) is 2.39. The molecule has 4 N–H and O–H groups in total. The highest BCUT2D eigenvalue weighted by Crippen LogP contribution is 2.51. The molecule has 106 valence electrons. The summed E-state index contributed by atoms with van der Waals surface area (Å²) in [6, 6.07) is 1.44. The lowest BCUT2D eigenvalue weighted by molar-refractivity contribution is -0.151. The maximum Gasteiger partial charge on any atom is 0.411 e. The Labute approximate surface area is 108 Å². The van der Waals surface area contributed by atoms with Crippen LogP contribution in [-0.2, 0) is 0 Å². The van der Waals surface area contributed by atoms with Crippen molar-refractivity contribution in [2.45, 2.75) is 37.9 Å². The zero-order valence-corrected chi connectivity index (χ0v) is 10.5. The fourth-order valence-electron chi connectivity index (χ4n) is 1.72. The minimum atomic E-state index is -4.29. The number of aromatic nitrogens is 2. The van der Waals surface area contributed by atoms with Crippen molar-refractivity contribution in [3.63, 3.8) is 0 Å². The van der Waals surface area contributed by atoms with Crippen molar-refractivity contribution in [3.8, 4) is 0 Å². The topological polar surface area (TPSA) is 75.9 Å². The Morgan fingerprint density at radius 2 is 1.95 bits per heavy atom. The number of nitrogens with two attached hydrogens (primary N) is 1. The average Bonchev–Trinajstić information content (AvgIpc) is 3.06. The van der Waals surface area contributed by atoms with Crippen molar-refractivity contribution in [1.82, 2.24) is 9.97 Å². The molecule has 0 unspecified atom stereocenters. The van der Waals surface area contributed by atoms with Crippen molar-refractivity contribution >= 4 is 17.6 Å². The lowest BCUT2D eigenvalue weighted by atomic mass is 10.2. The summed E-state index contributed by atoms with van der Waals surface area (Å²) < 4.78 is 38.5. The van der Waals surface area contributed by atoms with Crippen LogP contribution >= 0.6 is 0 Å². The average molecular weight is 275 g/mol. The molecule has 0 atom stereocenters. The van der Waals surface area contributed by atoms with Crippen LogP contribution in [0.25, 0.3) is 0 Å². The number of nitrogen functional groups attached to an aromatic ring is 1. The van der Waals surface area contributed by atoms with Gasteiger partial charge in [0.1, 0.15) is 17.2 Å². The van der Waals surface area contributed by atoms with Gasteiger partial charge in [-0.05, 0) is 19.3 Å². The van der Waals surface area contributed by atoms with Crippen LogP contribution in [0.4, 0.5) is 30.8 Å². The van der Waals surface area contributed by atoms with Crippen molar-refractivity contribution in [2.75, 3.05) is 22.9 Å². The van der Waals surface area contributed by atoms with Crippen molar-refractivity contribution in [2.24, 2.45) is 0 Å². The lowest BCUT2D eigenvalue weighted by Gasteiger charge is -2.21. The van der Waals surface area contributed by atoms with Crippen molar-refractivity contribution < 1.29 is 13.2 Å². The number of anilines is 3. The van der Waals surface area contributed by atoms with Crippen LogP contribution < -0.4 is 16.4 Å². The molecule has 1 aromatic heterocycles. The molecule has 5 nitrogen and oxygen atoms in total. The Bertz CT molecular complexity index is 456. The summed E-state index contributed by atoms with van der Waals surface area (Å²) in [7, 11) is 0. The number of rotatable bonds is 5. The summed E-state index contributed by atoms with van der Waals surface area (Å²) in [5.74, 6) is 0.470. The highest BCUT2D eigenvalue weighted by molar-refractivity contribution is 5.53. The summed E-state index contributed by atoms with van der Waals surface area (Å²) in [5.41, 5.74) is 3.64. The number of alkyl halides is 3. The number of hydrogen-bond acceptors (Lipinski definition) is 5. The van der Waals surface area contributed by atoms with Gasteiger partial charge in [-0.2, -0.15) is 23.1 Å². The maximum absolute atomic E-state index is 12.8. The Kier molecular flexibility index (Phi) is 3.42. The molecule has 1 aromatic rings. The standard InChI is InChI=1S/C11H16F3N5/c1-2-5-16-7-6-8(18-9(15)17-7)19-10(3-4-10)11(12,13)14/h6H,2-5H2,1H3,(H4,15,16,17,18,19). The maximum atomic E-state index is 12.8. The Morgan fingerprint density at radius 3 is 2.47 bits per heavy atom. The molecule has 0 aromatic carbocycles. The third kappa shape index (κ3) is 2.99. The smallest absolute Gasteiger partial charge is 0.370 e. The van der Waals surface area contributed by atoms with Crippen LogP contribution in [0.15, 0.2) is 6.07 Å². The number of nitrogens with zero attached hydrogens (tertiary/aromatic N) is 2. The van der Waals surface area contributed by atoms with E-state index in [1.807, 2.05) is 6.92 Å². The van der Waals surface area contributed by atoms with E-state index >= 15 is 0 Å². The second-order valence-corrected chi connectivity index (χ2v) is 4.63. The van der Waals surface area contributed by atoms with Crippen LogP contribution in [0.1, 0.15) is 26.2 Å². The van der Waals surface area contributed by atoms with Crippen LogP contribution in [0.3, 0.4) is 0 Å². The van der Waals surface area contributed by atoms with Gasteiger partial charge in [0.25, 0.3) is 0 Å². The van der Waals surface area contributed by atoms with Gasteiger partial charge >= 0.3 is 6.18 Å². The van der Waals surface area contributed by atoms with Gasteiger partial charge in [0.2, 0.25) is 5.95 Å². The van der Waals surface area contributed by atoms with Gasteiger partial charge in [-0.3, -0.25) is 0 Å². The molecule has 1 heterocycles. The molecule has 1 saturated carbocycles. The highest BCUT2D eigenvalue weighted by atomic mass is 19.4. The molecule has 8 heteroatoms. The van der Waals surface area contributed by atoms with Gasteiger partial charge in [0, 0.05) is 12.6 Å². The minimum Gasteiger partial charge on any atom is -0.370 e. The Balaban J connectivity index is 2.14. The number of hydrogen-bond donors (Lipinski definition) is 3. The van der Waals surface area contributed by atoms with Crippen LogP contribution in [0.2, 0.25) is 0 Å². The fraction of sp³-hybridized carbons (Fsp3) is 0.636. The lowest BCUT2D eigenvalue weighted by Crippen LogP contribution is -2.39. The first-order chi connectivity index (χ1) is 8.86. The van der Waals surface area contributed by atoms with Crippen molar-refractivity contribution in [3.05, 3.63) is 6.07 Å². The van der Waals surface area contributed by atoms with Gasteiger partial charge in [-0.15, -0.1) is 0 Å². The van der Waals surface area contributed by atoms with Crippen LogP contribution in [0.5, 0.6) is 0 Å². The first kappa shape index (κ1) is 13.7. The van der Waals surface area contributed by atoms with Gasteiger partial charge in [-0.1, -0.05) is 6.92 Å². The molecule has 1 aliphatic carbocycles. The van der Waals surface area contributed by atoms with E-state index in [1.165, 1.54) is 6.07 Å². The zero-order valence-electron chi connectivity index (χ0n) is 10.5. The van der Waals surface area contributed by atoms with E-state index in [1.54, 1.807) is 0 Å². The van der Waals surface area contributed by atoms with E-state index in [4.69, 9.17) is 5.73 Å². The van der Waals surface area contributed by atoms with Crippen LogP contribution in [-0.4, -0.2) is 28.2 Å². The van der Waals surface area contributed by atoms with Gasteiger partial charge in [-0.25, -0.2) is 0 Å². The number of nitrogens with one attached hydrogen (secondary N) is 2. The summed E-state index contributed by atoms with van der Waals surface area (Å²) in [5, 5.41) is 5.40.